The quantitative estimate of drug-likeness (QED) is 0.909. The van der Waals surface area contributed by atoms with Gasteiger partial charge in [0.25, 0.3) is 0 Å². The first-order chi connectivity index (χ1) is 9.16. The first kappa shape index (κ1) is 12.5. The van der Waals surface area contributed by atoms with E-state index < -0.39 is 0 Å². The molecule has 0 aromatic heterocycles. The lowest BCUT2D eigenvalue weighted by molar-refractivity contribution is 0.315. The molecule has 2 aromatic carbocycles. The second-order valence-electron chi connectivity index (χ2n) is 4.65. The Bertz CT molecular complexity index is 617. The van der Waals surface area contributed by atoms with Crippen LogP contribution < -0.4 is 10.5 Å². The number of nitrogens with two attached hydrogens (primary N) is 1. The van der Waals surface area contributed by atoms with Gasteiger partial charge in [0.05, 0.1) is 6.61 Å². The summed E-state index contributed by atoms with van der Waals surface area (Å²) in [7, 11) is 0. The van der Waals surface area contributed by atoms with Crippen molar-refractivity contribution in [2.75, 3.05) is 6.61 Å². The molecule has 1 heterocycles. The van der Waals surface area contributed by atoms with E-state index in [2.05, 4.69) is 0 Å². The van der Waals surface area contributed by atoms with E-state index in [1.54, 1.807) is 0 Å². The fourth-order valence-electron chi connectivity index (χ4n) is 2.47. The van der Waals surface area contributed by atoms with Gasteiger partial charge in [0, 0.05) is 22.5 Å². The standard InChI is InChI=1S/C15H13ClFNO/c16-13-6-5-9(17)7-11(13)15(18)12-8-19-14-4-2-1-3-10(12)14/h1-7,12,15H,8,18H2. The second kappa shape index (κ2) is 4.83. The molecule has 0 saturated carbocycles. The highest BCUT2D eigenvalue weighted by Crippen LogP contribution is 2.41. The molecule has 2 aromatic rings. The van der Waals surface area contributed by atoms with Crippen molar-refractivity contribution in [3.8, 4) is 5.75 Å². The minimum atomic E-state index is -0.383. The average Bonchev–Trinajstić information content (AvgIpc) is 2.84. The predicted octanol–water partition coefficient (Wildman–Crippen LogP) is 3.66. The van der Waals surface area contributed by atoms with E-state index in [0.717, 1.165) is 11.3 Å². The summed E-state index contributed by atoms with van der Waals surface area (Å²) in [6.45, 7) is 0.493. The van der Waals surface area contributed by atoms with Crippen LogP contribution in [0.15, 0.2) is 42.5 Å². The lowest BCUT2D eigenvalue weighted by Crippen LogP contribution is -2.21. The predicted molar refractivity (Wildman–Crippen MR) is 73.0 cm³/mol. The van der Waals surface area contributed by atoms with Gasteiger partial charge in [-0.1, -0.05) is 29.8 Å². The molecule has 0 aliphatic carbocycles. The van der Waals surface area contributed by atoms with Crippen LogP contribution in [0.2, 0.25) is 5.02 Å². The lowest BCUT2D eigenvalue weighted by atomic mass is 9.89. The van der Waals surface area contributed by atoms with E-state index in [1.165, 1.54) is 18.2 Å². The van der Waals surface area contributed by atoms with Crippen LogP contribution in [-0.2, 0) is 0 Å². The highest BCUT2D eigenvalue weighted by atomic mass is 35.5. The molecule has 2 unspecified atom stereocenters. The summed E-state index contributed by atoms with van der Waals surface area (Å²) in [6.07, 6.45) is 0. The molecular formula is C15H13ClFNO. The zero-order valence-corrected chi connectivity index (χ0v) is 10.9. The van der Waals surface area contributed by atoms with Crippen LogP contribution in [0, 0.1) is 5.82 Å². The van der Waals surface area contributed by atoms with E-state index in [4.69, 9.17) is 22.1 Å². The summed E-state index contributed by atoms with van der Waals surface area (Å²) in [5.41, 5.74) is 7.92. The Hall–Kier alpha value is -1.58. The van der Waals surface area contributed by atoms with Gasteiger partial charge < -0.3 is 10.5 Å². The van der Waals surface area contributed by atoms with E-state index in [9.17, 15) is 4.39 Å². The van der Waals surface area contributed by atoms with Gasteiger partial charge in [-0.05, 0) is 29.8 Å². The van der Waals surface area contributed by atoms with E-state index in [-0.39, 0.29) is 17.8 Å². The van der Waals surface area contributed by atoms with Gasteiger partial charge in [0.2, 0.25) is 0 Å². The number of rotatable bonds is 2. The van der Waals surface area contributed by atoms with E-state index in [1.807, 2.05) is 24.3 Å². The number of para-hydroxylation sites is 1. The Morgan fingerprint density at radius 3 is 2.89 bits per heavy atom. The second-order valence-corrected chi connectivity index (χ2v) is 5.05. The Labute approximate surface area is 115 Å². The van der Waals surface area contributed by atoms with E-state index in [0.29, 0.717) is 17.2 Å². The van der Waals surface area contributed by atoms with Crippen molar-refractivity contribution in [1.29, 1.82) is 0 Å². The van der Waals surface area contributed by atoms with Crippen LogP contribution in [0.1, 0.15) is 23.1 Å². The fourth-order valence-corrected chi connectivity index (χ4v) is 2.72. The molecule has 2 N–H and O–H groups in total. The third-order valence-corrected chi connectivity index (χ3v) is 3.83. The summed E-state index contributed by atoms with van der Waals surface area (Å²) in [5, 5.41) is 0.485. The molecule has 0 amide bonds. The SMILES string of the molecule is NC(c1cc(F)ccc1Cl)C1COc2ccccc21. The molecule has 19 heavy (non-hydrogen) atoms. The molecule has 98 valence electrons. The highest BCUT2D eigenvalue weighted by molar-refractivity contribution is 6.31. The summed E-state index contributed by atoms with van der Waals surface area (Å²) in [6, 6.07) is 11.6. The summed E-state index contributed by atoms with van der Waals surface area (Å²) < 4.78 is 19.0. The third-order valence-electron chi connectivity index (χ3n) is 3.49. The topological polar surface area (TPSA) is 35.2 Å². The van der Waals surface area contributed by atoms with Crippen LogP contribution in [0.25, 0.3) is 0 Å². The minimum Gasteiger partial charge on any atom is -0.493 e. The van der Waals surface area contributed by atoms with Gasteiger partial charge in [0.1, 0.15) is 11.6 Å². The first-order valence-corrected chi connectivity index (χ1v) is 6.47. The zero-order valence-electron chi connectivity index (χ0n) is 10.1. The molecule has 1 aliphatic heterocycles. The highest BCUT2D eigenvalue weighted by Gasteiger charge is 2.31. The number of fused-ring (bicyclic) bond motifs is 1. The number of hydrogen-bond donors (Lipinski definition) is 1. The maximum absolute atomic E-state index is 13.3. The van der Waals surface area contributed by atoms with Gasteiger partial charge in [-0.3, -0.25) is 0 Å². The normalized spacial score (nSPS) is 18.8. The Balaban J connectivity index is 1.97. The van der Waals surface area contributed by atoms with Gasteiger partial charge in [-0.2, -0.15) is 0 Å². The van der Waals surface area contributed by atoms with Crippen molar-refractivity contribution in [3.63, 3.8) is 0 Å². The molecule has 2 atom stereocenters. The smallest absolute Gasteiger partial charge is 0.123 e. The van der Waals surface area contributed by atoms with Gasteiger partial charge >= 0.3 is 0 Å². The van der Waals surface area contributed by atoms with Crippen LogP contribution in [0.5, 0.6) is 5.75 Å². The van der Waals surface area contributed by atoms with Crippen LogP contribution >= 0.6 is 11.6 Å². The maximum atomic E-state index is 13.3. The molecule has 2 nitrogen and oxygen atoms in total. The average molecular weight is 278 g/mol. The van der Waals surface area contributed by atoms with Crippen molar-refractivity contribution in [2.24, 2.45) is 5.73 Å². The van der Waals surface area contributed by atoms with Crippen molar-refractivity contribution in [3.05, 3.63) is 64.4 Å². The fraction of sp³-hybridized carbons (Fsp3) is 0.200. The van der Waals surface area contributed by atoms with Crippen molar-refractivity contribution >= 4 is 11.6 Å². The Kier molecular flexibility index (Phi) is 3.17. The van der Waals surface area contributed by atoms with Crippen LogP contribution in [0.4, 0.5) is 4.39 Å². The minimum absolute atomic E-state index is 0.00417. The molecule has 3 rings (SSSR count). The van der Waals surface area contributed by atoms with Gasteiger partial charge in [-0.25, -0.2) is 4.39 Å². The zero-order chi connectivity index (χ0) is 13.4. The molecular weight excluding hydrogens is 265 g/mol. The first-order valence-electron chi connectivity index (χ1n) is 6.09. The Morgan fingerprint density at radius 1 is 1.26 bits per heavy atom. The largest absolute Gasteiger partial charge is 0.493 e. The summed E-state index contributed by atoms with van der Waals surface area (Å²) in [5.74, 6) is 0.507. The molecule has 0 saturated heterocycles. The van der Waals surface area contributed by atoms with Crippen LogP contribution in [0.3, 0.4) is 0 Å². The van der Waals surface area contributed by atoms with Crippen LogP contribution in [-0.4, -0.2) is 6.61 Å². The molecule has 0 bridgehead atoms. The Morgan fingerprint density at radius 2 is 2.05 bits per heavy atom. The van der Waals surface area contributed by atoms with Gasteiger partial charge in [-0.15, -0.1) is 0 Å². The number of halogens is 2. The van der Waals surface area contributed by atoms with Crippen molar-refractivity contribution in [2.45, 2.75) is 12.0 Å². The van der Waals surface area contributed by atoms with E-state index >= 15 is 0 Å². The molecule has 0 fully saturated rings. The number of hydrogen-bond acceptors (Lipinski definition) is 2. The monoisotopic (exact) mass is 277 g/mol. The molecule has 4 heteroatoms. The number of benzene rings is 2. The van der Waals surface area contributed by atoms with Crippen molar-refractivity contribution < 1.29 is 9.13 Å². The maximum Gasteiger partial charge on any atom is 0.123 e. The number of ether oxygens (including phenoxy) is 1. The van der Waals surface area contributed by atoms with Crippen molar-refractivity contribution in [1.82, 2.24) is 0 Å². The third kappa shape index (κ3) is 2.20. The van der Waals surface area contributed by atoms with Gasteiger partial charge in [0.15, 0.2) is 0 Å². The summed E-state index contributed by atoms with van der Waals surface area (Å²) >= 11 is 6.11. The summed E-state index contributed by atoms with van der Waals surface area (Å²) in [4.78, 5) is 0. The molecule has 0 spiro atoms. The molecule has 0 radical (unpaired) electrons. The molecule has 1 aliphatic rings. The lowest BCUT2D eigenvalue weighted by Gasteiger charge is -2.20.